The van der Waals surface area contributed by atoms with Crippen molar-refractivity contribution >= 4 is 17.5 Å². The maximum atomic E-state index is 11.7. The Balaban J connectivity index is 2.47. The molecule has 0 atom stereocenters. The summed E-state index contributed by atoms with van der Waals surface area (Å²) in [4.78, 5) is 15.6. The maximum Gasteiger partial charge on any atom is 0.269 e. The van der Waals surface area contributed by atoms with Crippen molar-refractivity contribution in [2.45, 2.75) is 27.2 Å². The van der Waals surface area contributed by atoms with Crippen LogP contribution in [0.5, 0.6) is 0 Å². The van der Waals surface area contributed by atoms with E-state index in [-0.39, 0.29) is 11.3 Å². The molecular formula is C12H17ClN2O. The van der Waals surface area contributed by atoms with Crippen molar-refractivity contribution in [2.75, 3.05) is 6.54 Å². The lowest BCUT2D eigenvalue weighted by atomic mass is 9.92. The van der Waals surface area contributed by atoms with Crippen LogP contribution in [0.1, 0.15) is 37.7 Å². The largest absolute Gasteiger partial charge is 0.351 e. The van der Waals surface area contributed by atoms with E-state index in [4.69, 9.17) is 11.6 Å². The summed E-state index contributed by atoms with van der Waals surface area (Å²) < 4.78 is 0. The minimum absolute atomic E-state index is 0.174. The van der Waals surface area contributed by atoms with Gasteiger partial charge in [0.25, 0.3) is 5.91 Å². The van der Waals surface area contributed by atoms with Gasteiger partial charge in [-0.2, -0.15) is 0 Å². The number of halogens is 1. The molecule has 0 aliphatic carbocycles. The van der Waals surface area contributed by atoms with Gasteiger partial charge in [0.2, 0.25) is 0 Å². The molecule has 1 aromatic heterocycles. The quantitative estimate of drug-likeness (QED) is 0.826. The fraction of sp³-hybridized carbons (Fsp3) is 0.500. The van der Waals surface area contributed by atoms with Crippen LogP contribution in [0.2, 0.25) is 5.15 Å². The molecule has 0 radical (unpaired) electrons. The van der Waals surface area contributed by atoms with Crippen molar-refractivity contribution in [2.24, 2.45) is 5.41 Å². The van der Waals surface area contributed by atoms with Crippen molar-refractivity contribution < 1.29 is 4.79 Å². The minimum Gasteiger partial charge on any atom is -0.351 e. The van der Waals surface area contributed by atoms with Gasteiger partial charge in [-0.05, 0) is 24.0 Å². The Morgan fingerprint density at radius 1 is 1.44 bits per heavy atom. The zero-order valence-corrected chi connectivity index (χ0v) is 10.6. The standard InChI is InChI=1S/C12H17ClN2O/c1-12(2,3)7-8-14-11(16)9-5-4-6-10(13)15-9/h4-6H,7-8H2,1-3H3,(H,14,16). The number of carbonyl (C=O) groups is 1. The van der Waals surface area contributed by atoms with Gasteiger partial charge in [0.15, 0.2) is 0 Å². The molecule has 0 aliphatic rings. The van der Waals surface area contributed by atoms with E-state index < -0.39 is 0 Å². The summed E-state index contributed by atoms with van der Waals surface area (Å²) in [7, 11) is 0. The number of hydrogen-bond acceptors (Lipinski definition) is 2. The molecular weight excluding hydrogens is 224 g/mol. The van der Waals surface area contributed by atoms with E-state index in [9.17, 15) is 4.79 Å². The Labute approximate surface area is 101 Å². The van der Waals surface area contributed by atoms with Crippen molar-refractivity contribution in [3.05, 3.63) is 29.0 Å². The molecule has 16 heavy (non-hydrogen) atoms. The van der Waals surface area contributed by atoms with Crippen molar-refractivity contribution in [1.29, 1.82) is 0 Å². The van der Waals surface area contributed by atoms with Crippen LogP contribution in [0.25, 0.3) is 0 Å². The monoisotopic (exact) mass is 240 g/mol. The second kappa shape index (κ2) is 5.30. The molecule has 0 bridgehead atoms. The molecule has 3 nitrogen and oxygen atoms in total. The van der Waals surface area contributed by atoms with E-state index in [0.717, 1.165) is 6.42 Å². The molecule has 0 spiro atoms. The predicted molar refractivity (Wildman–Crippen MR) is 65.7 cm³/mol. The lowest BCUT2D eigenvalue weighted by Gasteiger charge is -2.17. The van der Waals surface area contributed by atoms with Gasteiger partial charge in [-0.1, -0.05) is 38.4 Å². The summed E-state index contributed by atoms with van der Waals surface area (Å²) in [5.41, 5.74) is 0.580. The Hall–Kier alpha value is -1.09. The number of carbonyl (C=O) groups excluding carboxylic acids is 1. The molecule has 1 aromatic rings. The van der Waals surface area contributed by atoms with E-state index in [0.29, 0.717) is 17.4 Å². The first-order chi connectivity index (χ1) is 7.38. The molecule has 1 amide bonds. The van der Waals surface area contributed by atoms with E-state index in [2.05, 4.69) is 31.1 Å². The Morgan fingerprint density at radius 3 is 2.69 bits per heavy atom. The Morgan fingerprint density at radius 2 is 2.12 bits per heavy atom. The van der Waals surface area contributed by atoms with Gasteiger partial charge in [-0.3, -0.25) is 4.79 Å². The topological polar surface area (TPSA) is 42.0 Å². The molecule has 0 saturated carbocycles. The van der Waals surface area contributed by atoms with Crippen LogP contribution in [0.4, 0.5) is 0 Å². The third-order valence-electron chi connectivity index (χ3n) is 2.11. The van der Waals surface area contributed by atoms with Crippen LogP contribution in [-0.2, 0) is 0 Å². The van der Waals surface area contributed by atoms with Crippen LogP contribution in [0.15, 0.2) is 18.2 Å². The highest BCUT2D eigenvalue weighted by atomic mass is 35.5. The van der Waals surface area contributed by atoms with E-state index >= 15 is 0 Å². The maximum absolute atomic E-state index is 11.7. The molecule has 0 saturated heterocycles. The van der Waals surface area contributed by atoms with Crippen molar-refractivity contribution in [1.82, 2.24) is 10.3 Å². The average Bonchev–Trinajstić information content (AvgIpc) is 2.15. The first-order valence-corrected chi connectivity index (χ1v) is 5.67. The van der Waals surface area contributed by atoms with Crippen LogP contribution in [-0.4, -0.2) is 17.4 Å². The van der Waals surface area contributed by atoms with Gasteiger partial charge in [0, 0.05) is 6.54 Å². The molecule has 1 N–H and O–H groups in total. The summed E-state index contributed by atoms with van der Waals surface area (Å²) in [5, 5.41) is 3.16. The number of nitrogens with zero attached hydrogens (tertiary/aromatic N) is 1. The predicted octanol–water partition coefficient (Wildman–Crippen LogP) is 2.90. The highest BCUT2D eigenvalue weighted by molar-refractivity contribution is 6.29. The normalized spacial score (nSPS) is 11.2. The number of rotatable bonds is 3. The van der Waals surface area contributed by atoms with E-state index in [1.54, 1.807) is 18.2 Å². The van der Waals surface area contributed by atoms with E-state index in [1.807, 2.05) is 0 Å². The SMILES string of the molecule is CC(C)(C)CCNC(=O)c1cccc(Cl)n1. The Bertz CT molecular complexity index is 372. The average molecular weight is 241 g/mol. The molecule has 1 heterocycles. The summed E-state index contributed by atoms with van der Waals surface area (Å²) in [6.07, 6.45) is 0.930. The minimum atomic E-state index is -0.174. The lowest BCUT2D eigenvalue weighted by molar-refractivity contribution is 0.0944. The molecule has 4 heteroatoms. The molecule has 0 fully saturated rings. The second-order valence-electron chi connectivity index (χ2n) is 4.91. The zero-order chi connectivity index (χ0) is 12.2. The fourth-order valence-electron chi connectivity index (χ4n) is 1.18. The number of aromatic nitrogens is 1. The van der Waals surface area contributed by atoms with Gasteiger partial charge in [-0.15, -0.1) is 0 Å². The summed E-state index contributed by atoms with van der Waals surface area (Å²) in [6, 6.07) is 5.01. The number of hydrogen-bond donors (Lipinski definition) is 1. The molecule has 0 unspecified atom stereocenters. The Kier molecular flexibility index (Phi) is 4.30. The van der Waals surface area contributed by atoms with Gasteiger partial charge in [0.1, 0.15) is 10.8 Å². The van der Waals surface area contributed by atoms with Gasteiger partial charge < -0.3 is 5.32 Å². The van der Waals surface area contributed by atoms with Crippen LogP contribution in [0, 0.1) is 5.41 Å². The van der Waals surface area contributed by atoms with Crippen LogP contribution < -0.4 is 5.32 Å². The number of nitrogens with one attached hydrogen (secondary N) is 1. The first-order valence-electron chi connectivity index (χ1n) is 5.29. The molecule has 1 rings (SSSR count). The van der Waals surface area contributed by atoms with Gasteiger partial charge in [-0.25, -0.2) is 4.98 Å². The lowest BCUT2D eigenvalue weighted by Crippen LogP contribution is -2.27. The van der Waals surface area contributed by atoms with E-state index in [1.165, 1.54) is 0 Å². The molecule has 0 aromatic carbocycles. The zero-order valence-electron chi connectivity index (χ0n) is 9.88. The third-order valence-corrected chi connectivity index (χ3v) is 2.32. The second-order valence-corrected chi connectivity index (χ2v) is 5.30. The summed E-state index contributed by atoms with van der Waals surface area (Å²) in [5.74, 6) is -0.174. The van der Waals surface area contributed by atoms with Crippen molar-refractivity contribution in [3.8, 4) is 0 Å². The highest BCUT2D eigenvalue weighted by Crippen LogP contribution is 2.17. The van der Waals surface area contributed by atoms with Gasteiger partial charge in [0.05, 0.1) is 0 Å². The summed E-state index contributed by atoms with van der Waals surface area (Å²) >= 11 is 5.70. The summed E-state index contributed by atoms with van der Waals surface area (Å²) in [6.45, 7) is 7.06. The van der Waals surface area contributed by atoms with Crippen LogP contribution in [0.3, 0.4) is 0 Å². The number of pyridine rings is 1. The van der Waals surface area contributed by atoms with Gasteiger partial charge >= 0.3 is 0 Å². The molecule has 0 aliphatic heterocycles. The first kappa shape index (κ1) is 13.0. The highest BCUT2D eigenvalue weighted by Gasteiger charge is 2.11. The van der Waals surface area contributed by atoms with Crippen molar-refractivity contribution in [3.63, 3.8) is 0 Å². The van der Waals surface area contributed by atoms with Crippen LogP contribution >= 0.6 is 11.6 Å². The molecule has 88 valence electrons. The fourth-order valence-corrected chi connectivity index (χ4v) is 1.34. The smallest absolute Gasteiger partial charge is 0.269 e. The third kappa shape index (κ3) is 4.62. The number of amides is 1.